The quantitative estimate of drug-likeness (QED) is 0.452. The molecule has 32 heavy (non-hydrogen) atoms. The van der Waals surface area contributed by atoms with Gasteiger partial charge in [-0.15, -0.1) is 0 Å². The molecule has 1 rings (SSSR count). The average Bonchev–Trinajstić information content (AvgIpc) is 2.62. The molecular formula is C23H40N2O7. The topological polar surface area (TPSA) is 131 Å². The van der Waals surface area contributed by atoms with Crippen molar-refractivity contribution >= 4 is 23.9 Å². The van der Waals surface area contributed by atoms with E-state index in [0.717, 1.165) is 32.1 Å². The largest absolute Gasteiger partial charge is 0.481 e. The highest BCUT2D eigenvalue weighted by molar-refractivity contribution is 5.90. The molecule has 3 N–H and O–H groups in total. The van der Waals surface area contributed by atoms with Gasteiger partial charge in [0, 0.05) is 6.42 Å². The molecule has 0 bridgehead atoms. The fourth-order valence-corrected chi connectivity index (χ4v) is 3.60. The Morgan fingerprint density at radius 1 is 0.875 bits per heavy atom. The Morgan fingerprint density at radius 3 is 1.94 bits per heavy atom. The molecule has 0 spiro atoms. The molecule has 9 heteroatoms. The van der Waals surface area contributed by atoms with E-state index in [9.17, 15) is 19.2 Å². The number of rotatable bonds is 9. The molecule has 2 atom stereocenters. The Bertz CT molecular complexity index is 658. The second kappa shape index (κ2) is 12.1. The maximum absolute atomic E-state index is 13.1. The standard InChI is InChI=1S/C23H40N2O7/c1-22(2,3)31-20(29)16(12-13-18(26)27)24-19(28)17(14-15-10-8-7-9-11-15)25-21(30)32-23(4,5)6/h15-17H,7-14H2,1-6H3,(H,24,28)(H,25,30)(H,26,27)/t16-,17-/m0/s1. The van der Waals surface area contributed by atoms with Crippen LogP contribution in [0.1, 0.15) is 92.9 Å². The molecule has 0 unspecified atom stereocenters. The van der Waals surface area contributed by atoms with Crippen LogP contribution in [-0.4, -0.2) is 52.3 Å². The molecule has 9 nitrogen and oxygen atoms in total. The molecule has 2 amide bonds. The molecule has 1 fully saturated rings. The first kappa shape index (κ1) is 27.7. The van der Waals surface area contributed by atoms with Crippen LogP contribution in [0.3, 0.4) is 0 Å². The van der Waals surface area contributed by atoms with Gasteiger partial charge in [0.25, 0.3) is 0 Å². The molecule has 0 aromatic heterocycles. The van der Waals surface area contributed by atoms with Gasteiger partial charge in [-0.25, -0.2) is 9.59 Å². The van der Waals surface area contributed by atoms with Gasteiger partial charge in [-0.1, -0.05) is 32.1 Å². The zero-order chi connectivity index (χ0) is 24.5. The summed E-state index contributed by atoms with van der Waals surface area (Å²) >= 11 is 0. The molecule has 0 aromatic rings. The van der Waals surface area contributed by atoms with E-state index in [0.29, 0.717) is 6.42 Å². The number of hydrogen-bond acceptors (Lipinski definition) is 6. The predicted octanol–water partition coefficient (Wildman–Crippen LogP) is 3.54. The third kappa shape index (κ3) is 11.9. The van der Waals surface area contributed by atoms with E-state index < -0.39 is 47.2 Å². The van der Waals surface area contributed by atoms with E-state index in [-0.39, 0.29) is 18.8 Å². The van der Waals surface area contributed by atoms with Crippen LogP contribution in [0.5, 0.6) is 0 Å². The van der Waals surface area contributed by atoms with Gasteiger partial charge < -0.3 is 25.2 Å². The van der Waals surface area contributed by atoms with Crippen LogP contribution < -0.4 is 10.6 Å². The Balaban J connectivity index is 2.96. The van der Waals surface area contributed by atoms with Gasteiger partial charge in [0.15, 0.2) is 0 Å². The maximum atomic E-state index is 13.1. The zero-order valence-corrected chi connectivity index (χ0v) is 20.3. The van der Waals surface area contributed by atoms with E-state index in [1.165, 1.54) is 0 Å². The van der Waals surface area contributed by atoms with Crippen molar-refractivity contribution in [3.63, 3.8) is 0 Å². The monoisotopic (exact) mass is 456 g/mol. The third-order valence-corrected chi connectivity index (χ3v) is 4.96. The number of nitrogens with one attached hydrogen (secondary N) is 2. The van der Waals surface area contributed by atoms with Crippen LogP contribution in [0.15, 0.2) is 0 Å². The van der Waals surface area contributed by atoms with Gasteiger partial charge >= 0.3 is 18.0 Å². The van der Waals surface area contributed by atoms with Crippen molar-refractivity contribution in [1.82, 2.24) is 10.6 Å². The van der Waals surface area contributed by atoms with Crippen molar-refractivity contribution in [3.8, 4) is 0 Å². The lowest BCUT2D eigenvalue weighted by Crippen LogP contribution is -2.53. The number of carboxylic acids is 1. The van der Waals surface area contributed by atoms with Crippen molar-refractivity contribution in [2.45, 2.75) is 116 Å². The molecule has 0 saturated heterocycles. The minimum Gasteiger partial charge on any atom is -0.481 e. The van der Waals surface area contributed by atoms with Gasteiger partial charge in [0.1, 0.15) is 23.3 Å². The van der Waals surface area contributed by atoms with Crippen molar-refractivity contribution in [2.24, 2.45) is 5.92 Å². The molecule has 184 valence electrons. The van der Waals surface area contributed by atoms with Crippen LogP contribution in [0, 0.1) is 5.92 Å². The molecule has 0 radical (unpaired) electrons. The van der Waals surface area contributed by atoms with E-state index in [1.807, 2.05) is 0 Å². The van der Waals surface area contributed by atoms with Gasteiger partial charge in [0.05, 0.1) is 0 Å². The summed E-state index contributed by atoms with van der Waals surface area (Å²) in [5.74, 6) is -2.07. The molecular weight excluding hydrogens is 416 g/mol. The Labute approximate surface area is 191 Å². The van der Waals surface area contributed by atoms with Crippen LogP contribution in [-0.2, 0) is 23.9 Å². The van der Waals surface area contributed by atoms with E-state index in [1.54, 1.807) is 41.5 Å². The SMILES string of the molecule is CC(C)(C)OC(=O)N[C@@H](CC1CCCCC1)C(=O)N[C@@H](CCC(=O)O)C(=O)OC(C)(C)C. The number of hydrogen-bond donors (Lipinski definition) is 3. The summed E-state index contributed by atoms with van der Waals surface area (Å²) in [6.07, 6.45) is 4.52. The summed E-state index contributed by atoms with van der Waals surface area (Å²) < 4.78 is 10.7. The fraction of sp³-hybridized carbons (Fsp3) is 0.826. The highest BCUT2D eigenvalue weighted by Gasteiger charge is 2.32. The number of carbonyl (C=O) groups excluding carboxylic acids is 3. The number of amides is 2. The first-order valence-corrected chi connectivity index (χ1v) is 11.4. The normalized spacial score (nSPS) is 17.1. The second-order valence-corrected chi connectivity index (χ2v) is 10.5. The van der Waals surface area contributed by atoms with Gasteiger partial charge in [0.2, 0.25) is 5.91 Å². The summed E-state index contributed by atoms with van der Waals surface area (Å²) in [6.45, 7) is 10.3. The number of carbonyl (C=O) groups is 4. The molecule has 1 aliphatic rings. The molecule has 0 aromatic carbocycles. The minimum absolute atomic E-state index is 0.113. The summed E-state index contributed by atoms with van der Waals surface area (Å²) in [7, 11) is 0. The number of esters is 1. The molecule has 1 saturated carbocycles. The lowest BCUT2D eigenvalue weighted by atomic mass is 9.84. The number of aliphatic carboxylic acids is 1. The summed E-state index contributed by atoms with van der Waals surface area (Å²) in [5, 5.41) is 14.3. The summed E-state index contributed by atoms with van der Waals surface area (Å²) in [4.78, 5) is 49.1. The first-order chi connectivity index (χ1) is 14.7. The minimum atomic E-state index is -1.13. The van der Waals surface area contributed by atoms with Crippen LogP contribution in [0.4, 0.5) is 4.79 Å². The van der Waals surface area contributed by atoms with E-state index >= 15 is 0 Å². The zero-order valence-electron chi connectivity index (χ0n) is 20.3. The second-order valence-electron chi connectivity index (χ2n) is 10.5. The number of alkyl carbamates (subject to hydrolysis) is 1. The summed E-state index contributed by atoms with van der Waals surface area (Å²) in [6, 6.07) is -2.03. The average molecular weight is 457 g/mol. The highest BCUT2D eigenvalue weighted by atomic mass is 16.6. The van der Waals surface area contributed by atoms with Gasteiger partial charge in [-0.3, -0.25) is 9.59 Å². The van der Waals surface area contributed by atoms with Crippen molar-refractivity contribution in [2.75, 3.05) is 0 Å². The Morgan fingerprint density at radius 2 is 1.44 bits per heavy atom. The smallest absolute Gasteiger partial charge is 0.408 e. The lowest BCUT2D eigenvalue weighted by molar-refractivity contribution is -0.159. The molecule has 0 aliphatic heterocycles. The van der Waals surface area contributed by atoms with Gasteiger partial charge in [-0.2, -0.15) is 0 Å². The maximum Gasteiger partial charge on any atom is 0.408 e. The van der Waals surface area contributed by atoms with E-state index in [2.05, 4.69) is 10.6 Å². The van der Waals surface area contributed by atoms with Crippen LogP contribution in [0.25, 0.3) is 0 Å². The van der Waals surface area contributed by atoms with Crippen molar-refractivity contribution in [3.05, 3.63) is 0 Å². The van der Waals surface area contributed by atoms with Crippen molar-refractivity contribution in [1.29, 1.82) is 0 Å². The first-order valence-electron chi connectivity index (χ1n) is 11.4. The van der Waals surface area contributed by atoms with Crippen LogP contribution in [0.2, 0.25) is 0 Å². The molecule has 0 heterocycles. The Hall–Kier alpha value is -2.32. The predicted molar refractivity (Wildman–Crippen MR) is 119 cm³/mol. The lowest BCUT2D eigenvalue weighted by Gasteiger charge is -2.29. The molecule has 1 aliphatic carbocycles. The third-order valence-electron chi connectivity index (χ3n) is 4.96. The van der Waals surface area contributed by atoms with Crippen LogP contribution >= 0.6 is 0 Å². The number of ether oxygens (including phenoxy) is 2. The van der Waals surface area contributed by atoms with Gasteiger partial charge in [-0.05, 0) is 60.3 Å². The summed E-state index contributed by atoms with van der Waals surface area (Å²) in [5.41, 5.74) is -1.52. The Kier molecular flexibility index (Phi) is 10.4. The fourth-order valence-electron chi connectivity index (χ4n) is 3.60. The highest BCUT2D eigenvalue weighted by Crippen LogP contribution is 2.27. The number of carboxylic acid groups (broad SMARTS) is 1. The van der Waals surface area contributed by atoms with Crippen molar-refractivity contribution < 1.29 is 33.8 Å². The van der Waals surface area contributed by atoms with E-state index in [4.69, 9.17) is 14.6 Å².